The SMILES string of the molecule is CC(NC(=O)C(NC(=O)C(CO)NC(=O)C(N)CCCCN)C(C)C)C(=O)O. The number of carboxylic acid groups (broad SMARTS) is 1. The Morgan fingerprint density at radius 1 is 0.929 bits per heavy atom. The Bertz CT molecular complexity index is 542. The van der Waals surface area contributed by atoms with Gasteiger partial charge in [0.15, 0.2) is 0 Å². The van der Waals surface area contributed by atoms with Gasteiger partial charge in [0.05, 0.1) is 12.6 Å². The van der Waals surface area contributed by atoms with Crippen molar-refractivity contribution in [2.24, 2.45) is 17.4 Å². The number of nitrogens with one attached hydrogen (secondary N) is 3. The van der Waals surface area contributed by atoms with Crippen molar-refractivity contribution in [1.82, 2.24) is 16.0 Å². The van der Waals surface area contributed by atoms with Crippen LogP contribution in [0.25, 0.3) is 0 Å². The molecule has 0 aromatic heterocycles. The van der Waals surface area contributed by atoms with Crippen LogP contribution in [0.5, 0.6) is 0 Å². The van der Waals surface area contributed by atoms with Gasteiger partial charge in [-0.05, 0) is 32.2 Å². The second kappa shape index (κ2) is 13.0. The number of carbonyl (C=O) groups excluding carboxylic acids is 3. The Kier molecular flexibility index (Phi) is 12.0. The van der Waals surface area contributed by atoms with Crippen LogP contribution in [-0.2, 0) is 19.2 Å². The number of aliphatic hydroxyl groups excluding tert-OH is 1. The van der Waals surface area contributed by atoms with Crippen molar-refractivity contribution in [2.45, 2.75) is 64.2 Å². The largest absolute Gasteiger partial charge is 0.480 e. The van der Waals surface area contributed by atoms with Crippen molar-refractivity contribution in [3.63, 3.8) is 0 Å². The lowest BCUT2D eigenvalue weighted by molar-refractivity contribution is -0.142. The lowest BCUT2D eigenvalue weighted by Crippen LogP contribution is -2.59. The van der Waals surface area contributed by atoms with E-state index in [2.05, 4.69) is 16.0 Å². The van der Waals surface area contributed by atoms with Gasteiger partial charge in [0.1, 0.15) is 18.1 Å². The van der Waals surface area contributed by atoms with Crippen LogP contribution < -0.4 is 27.4 Å². The molecule has 9 N–H and O–H groups in total. The highest BCUT2D eigenvalue weighted by atomic mass is 16.4. The molecule has 4 unspecified atom stereocenters. The van der Waals surface area contributed by atoms with Crippen molar-refractivity contribution >= 4 is 23.7 Å². The van der Waals surface area contributed by atoms with E-state index in [4.69, 9.17) is 16.6 Å². The Hall–Kier alpha value is -2.24. The Morgan fingerprint density at radius 3 is 2.00 bits per heavy atom. The molecule has 4 atom stereocenters. The summed E-state index contributed by atoms with van der Waals surface area (Å²) in [4.78, 5) is 47.6. The maximum atomic E-state index is 12.4. The first-order valence-corrected chi connectivity index (χ1v) is 9.25. The summed E-state index contributed by atoms with van der Waals surface area (Å²) in [6.45, 7) is 4.41. The maximum Gasteiger partial charge on any atom is 0.325 e. The Labute approximate surface area is 164 Å². The molecule has 11 nitrogen and oxygen atoms in total. The van der Waals surface area contributed by atoms with Gasteiger partial charge in [0, 0.05) is 0 Å². The Balaban J connectivity index is 4.90. The van der Waals surface area contributed by atoms with Crippen LogP contribution in [0.1, 0.15) is 40.0 Å². The number of rotatable bonds is 13. The van der Waals surface area contributed by atoms with Crippen molar-refractivity contribution in [3.05, 3.63) is 0 Å². The standard InChI is InChI=1S/C17H33N5O6/c1-9(2)13(16(26)20-10(3)17(27)28)22-15(25)12(8-23)21-14(24)11(19)6-4-5-7-18/h9-13,23H,4-8,18-19H2,1-3H3,(H,20,26)(H,21,24)(H,22,25)(H,27,28). The van der Waals surface area contributed by atoms with Gasteiger partial charge in [-0.2, -0.15) is 0 Å². The maximum absolute atomic E-state index is 12.4. The zero-order valence-corrected chi connectivity index (χ0v) is 16.6. The molecule has 162 valence electrons. The van der Waals surface area contributed by atoms with E-state index in [0.717, 1.165) is 0 Å². The first-order valence-electron chi connectivity index (χ1n) is 9.25. The Morgan fingerprint density at radius 2 is 1.54 bits per heavy atom. The van der Waals surface area contributed by atoms with E-state index in [1.54, 1.807) is 13.8 Å². The highest BCUT2D eigenvalue weighted by Gasteiger charge is 2.30. The number of aliphatic carboxylic acids is 1. The second-order valence-corrected chi connectivity index (χ2v) is 6.93. The van der Waals surface area contributed by atoms with Crippen LogP contribution in [0.4, 0.5) is 0 Å². The summed E-state index contributed by atoms with van der Waals surface area (Å²) in [6.07, 6.45) is 1.75. The minimum Gasteiger partial charge on any atom is -0.480 e. The van der Waals surface area contributed by atoms with E-state index in [1.165, 1.54) is 6.92 Å². The average Bonchev–Trinajstić information content (AvgIpc) is 2.62. The fourth-order valence-corrected chi connectivity index (χ4v) is 2.27. The minimum atomic E-state index is -1.29. The molecule has 0 aliphatic carbocycles. The molecule has 0 aromatic rings. The van der Waals surface area contributed by atoms with Crippen LogP contribution >= 0.6 is 0 Å². The first-order chi connectivity index (χ1) is 13.0. The molecule has 0 heterocycles. The third-order valence-corrected chi connectivity index (χ3v) is 4.10. The zero-order valence-electron chi connectivity index (χ0n) is 16.6. The molecule has 0 spiro atoms. The highest BCUT2D eigenvalue weighted by molar-refractivity contribution is 5.94. The third-order valence-electron chi connectivity index (χ3n) is 4.10. The molecule has 0 saturated carbocycles. The summed E-state index contributed by atoms with van der Waals surface area (Å²) in [5.41, 5.74) is 11.1. The summed E-state index contributed by atoms with van der Waals surface area (Å²) >= 11 is 0. The van der Waals surface area contributed by atoms with Crippen molar-refractivity contribution in [3.8, 4) is 0 Å². The van der Waals surface area contributed by atoms with Gasteiger partial charge >= 0.3 is 5.97 Å². The predicted octanol–water partition coefficient (Wildman–Crippen LogP) is -2.35. The third kappa shape index (κ3) is 9.11. The fourth-order valence-electron chi connectivity index (χ4n) is 2.27. The molecule has 0 rings (SSSR count). The summed E-state index contributed by atoms with van der Waals surface area (Å²) in [7, 11) is 0. The molecule has 0 aromatic carbocycles. The molecule has 3 amide bonds. The summed E-state index contributed by atoms with van der Waals surface area (Å²) in [5, 5.41) is 25.4. The summed E-state index contributed by atoms with van der Waals surface area (Å²) in [6, 6.07) is -4.32. The smallest absolute Gasteiger partial charge is 0.325 e. The number of amides is 3. The van der Waals surface area contributed by atoms with E-state index >= 15 is 0 Å². The highest BCUT2D eigenvalue weighted by Crippen LogP contribution is 2.04. The molecule has 0 fully saturated rings. The van der Waals surface area contributed by atoms with E-state index in [9.17, 15) is 24.3 Å². The average molecular weight is 403 g/mol. The number of aliphatic hydroxyl groups is 1. The number of unbranched alkanes of at least 4 members (excludes halogenated alkanes) is 1. The van der Waals surface area contributed by atoms with Crippen LogP contribution in [-0.4, -0.2) is 71.2 Å². The van der Waals surface area contributed by atoms with Crippen molar-refractivity contribution < 1.29 is 29.4 Å². The van der Waals surface area contributed by atoms with Crippen LogP contribution in [0.3, 0.4) is 0 Å². The molecule has 28 heavy (non-hydrogen) atoms. The van der Waals surface area contributed by atoms with Crippen LogP contribution in [0, 0.1) is 5.92 Å². The fraction of sp³-hybridized carbons (Fsp3) is 0.765. The molecule has 11 heteroatoms. The number of nitrogens with two attached hydrogens (primary N) is 2. The quantitative estimate of drug-likeness (QED) is 0.166. The van der Waals surface area contributed by atoms with E-state index in [-0.39, 0.29) is 5.92 Å². The van der Waals surface area contributed by atoms with Gasteiger partial charge in [-0.1, -0.05) is 20.3 Å². The van der Waals surface area contributed by atoms with E-state index < -0.39 is 54.5 Å². The molecule has 0 aliphatic heterocycles. The minimum absolute atomic E-state index is 0.362. The molecule has 0 bridgehead atoms. The number of hydrogen-bond acceptors (Lipinski definition) is 7. The number of carbonyl (C=O) groups is 4. The van der Waals surface area contributed by atoms with Gasteiger partial charge in [0.25, 0.3) is 0 Å². The van der Waals surface area contributed by atoms with E-state index in [0.29, 0.717) is 25.8 Å². The van der Waals surface area contributed by atoms with Gasteiger partial charge < -0.3 is 37.6 Å². The monoisotopic (exact) mass is 403 g/mol. The van der Waals surface area contributed by atoms with E-state index in [1.807, 2.05) is 0 Å². The van der Waals surface area contributed by atoms with Gasteiger partial charge in [-0.25, -0.2) is 0 Å². The summed E-state index contributed by atoms with van der Waals surface area (Å²) in [5.74, 6) is -3.64. The number of hydrogen-bond donors (Lipinski definition) is 7. The zero-order chi connectivity index (χ0) is 21.9. The normalized spacial score (nSPS) is 15.2. The van der Waals surface area contributed by atoms with Gasteiger partial charge in [0.2, 0.25) is 17.7 Å². The van der Waals surface area contributed by atoms with Crippen LogP contribution in [0.15, 0.2) is 0 Å². The van der Waals surface area contributed by atoms with Gasteiger partial charge in [-0.15, -0.1) is 0 Å². The second-order valence-electron chi connectivity index (χ2n) is 6.93. The predicted molar refractivity (Wildman–Crippen MR) is 102 cm³/mol. The molecular weight excluding hydrogens is 370 g/mol. The lowest BCUT2D eigenvalue weighted by atomic mass is 10.0. The van der Waals surface area contributed by atoms with Crippen LogP contribution in [0.2, 0.25) is 0 Å². The summed E-state index contributed by atoms with van der Waals surface area (Å²) < 4.78 is 0. The van der Waals surface area contributed by atoms with Gasteiger partial charge in [-0.3, -0.25) is 19.2 Å². The lowest BCUT2D eigenvalue weighted by Gasteiger charge is -2.25. The van der Waals surface area contributed by atoms with Crippen molar-refractivity contribution in [1.29, 1.82) is 0 Å². The molecule has 0 saturated heterocycles. The molecule has 0 radical (unpaired) electrons. The molecular formula is C17H33N5O6. The van der Waals surface area contributed by atoms with Crippen molar-refractivity contribution in [2.75, 3.05) is 13.2 Å². The number of carboxylic acids is 1. The topological polar surface area (TPSA) is 197 Å². The first kappa shape index (κ1) is 25.8. The molecule has 0 aliphatic rings.